The quantitative estimate of drug-likeness (QED) is 0.834. The summed E-state index contributed by atoms with van der Waals surface area (Å²) in [6.45, 7) is 2.62. The second-order valence-corrected chi connectivity index (χ2v) is 5.55. The number of amides is 1. The first-order chi connectivity index (χ1) is 9.07. The summed E-state index contributed by atoms with van der Waals surface area (Å²) in [7, 11) is 1.79. The first kappa shape index (κ1) is 13.6. The van der Waals surface area contributed by atoms with Gasteiger partial charge in [-0.25, -0.2) is 0 Å². The van der Waals surface area contributed by atoms with Crippen molar-refractivity contribution in [2.24, 2.45) is 5.41 Å². The van der Waals surface area contributed by atoms with E-state index in [0.717, 1.165) is 18.4 Å². The van der Waals surface area contributed by atoms with Gasteiger partial charge in [-0.2, -0.15) is 5.26 Å². The average molecular weight is 256 g/mol. The van der Waals surface area contributed by atoms with Gasteiger partial charge in [0.15, 0.2) is 0 Å². The van der Waals surface area contributed by atoms with Crippen molar-refractivity contribution in [3.63, 3.8) is 0 Å². The number of hydrogen-bond acceptors (Lipinski definition) is 2. The lowest BCUT2D eigenvalue weighted by Gasteiger charge is -2.26. The molecule has 0 bridgehead atoms. The van der Waals surface area contributed by atoms with E-state index >= 15 is 0 Å². The maximum absolute atomic E-state index is 12.5. The van der Waals surface area contributed by atoms with Crippen molar-refractivity contribution in [3.8, 4) is 6.07 Å². The van der Waals surface area contributed by atoms with Gasteiger partial charge in [0.05, 0.1) is 6.07 Å². The minimum absolute atomic E-state index is 0.0203. The van der Waals surface area contributed by atoms with E-state index in [4.69, 9.17) is 0 Å². The molecule has 100 valence electrons. The van der Waals surface area contributed by atoms with Gasteiger partial charge in [0.1, 0.15) is 5.41 Å². The number of rotatable bonds is 3. The summed E-state index contributed by atoms with van der Waals surface area (Å²) in [5.74, 6) is -0.0203. The first-order valence-corrected chi connectivity index (χ1v) is 6.80. The summed E-state index contributed by atoms with van der Waals surface area (Å²) in [6.07, 6.45) is 3.39. The summed E-state index contributed by atoms with van der Waals surface area (Å²) in [5.41, 5.74) is 1.55. The van der Waals surface area contributed by atoms with Gasteiger partial charge in [-0.05, 0) is 25.3 Å². The van der Waals surface area contributed by atoms with Crippen LogP contribution >= 0.6 is 0 Å². The molecule has 1 amide bonds. The van der Waals surface area contributed by atoms with Gasteiger partial charge < -0.3 is 4.90 Å². The average Bonchev–Trinajstić information content (AvgIpc) is 2.90. The highest BCUT2D eigenvalue weighted by Gasteiger charge is 2.43. The van der Waals surface area contributed by atoms with Crippen LogP contribution in [0.1, 0.15) is 36.8 Å². The highest BCUT2D eigenvalue weighted by Crippen LogP contribution is 2.39. The third-order valence-electron chi connectivity index (χ3n) is 3.97. The molecule has 2 rings (SSSR count). The fraction of sp³-hybridized carbons (Fsp3) is 0.500. The van der Waals surface area contributed by atoms with Gasteiger partial charge in [-0.1, -0.05) is 42.7 Å². The Kier molecular flexibility index (Phi) is 3.90. The number of carbonyl (C=O) groups is 1. The van der Waals surface area contributed by atoms with Crippen molar-refractivity contribution < 1.29 is 4.79 Å². The SMILES string of the molecule is Cc1ccc(CN(C)C(=O)C2(C#N)CCCC2)cc1. The van der Waals surface area contributed by atoms with E-state index in [1.807, 2.05) is 31.2 Å². The van der Waals surface area contributed by atoms with Crippen LogP contribution in [0.5, 0.6) is 0 Å². The number of carbonyl (C=O) groups excluding carboxylic acids is 1. The third kappa shape index (κ3) is 2.78. The van der Waals surface area contributed by atoms with Gasteiger partial charge in [-0.3, -0.25) is 4.79 Å². The molecule has 3 nitrogen and oxygen atoms in total. The number of nitrogens with zero attached hydrogens (tertiary/aromatic N) is 2. The largest absolute Gasteiger partial charge is 0.340 e. The highest BCUT2D eigenvalue weighted by molar-refractivity contribution is 5.85. The number of hydrogen-bond donors (Lipinski definition) is 0. The Morgan fingerprint density at radius 1 is 1.32 bits per heavy atom. The highest BCUT2D eigenvalue weighted by atomic mass is 16.2. The number of benzene rings is 1. The Morgan fingerprint density at radius 3 is 2.42 bits per heavy atom. The molecule has 1 aliphatic carbocycles. The van der Waals surface area contributed by atoms with Crippen LogP contribution in [-0.2, 0) is 11.3 Å². The second kappa shape index (κ2) is 5.44. The zero-order chi connectivity index (χ0) is 13.9. The summed E-state index contributed by atoms with van der Waals surface area (Å²) in [5, 5.41) is 9.34. The lowest BCUT2D eigenvalue weighted by atomic mass is 9.86. The topological polar surface area (TPSA) is 44.1 Å². The molecule has 1 aromatic rings. The van der Waals surface area contributed by atoms with Crippen LogP contribution in [0, 0.1) is 23.7 Å². The summed E-state index contributed by atoms with van der Waals surface area (Å²) in [4.78, 5) is 14.2. The summed E-state index contributed by atoms with van der Waals surface area (Å²) in [6, 6.07) is 10.4. The Morgan fingerprint density at radius 2 is 1.89 bits per heavy atom. The van der Waals surface area contributed by atoms with Crippen LogP contribution in [0.15, 0.2) is 24.3 Å². The Labute approximate surface area is 114 Å². The van der Waals surface area contributed by atoms with Crippen molar-refractivity contribution in [1.29, 1.82) is 5.26 Å². The Balaban J connectivity index is 2.07. The van der Waals surface area contributed by atoms with Crippen LogP contribution < -0.4 is 0 Å². The van der Waals surface area contributed by atoms with Crippen LogP contribution in [0.25, 0.3) is 0 Å². The van der Waals surface area contributed by atoms with E-state index < -0.39 is 5.41 Å². The van der Waals surface area contributed by atoms with Gasteiger partial charge in [0.25, 0.3) is 0 Å². The maximum Gasteiger partial charge on any atom is 0.243 e. The molecule has 1 fully saturated rings. The van der Waals surface area contributed by atoms with E-state index in [2.05, 4.69) is 6.07 Å². The number of aryl methyl sites for hydroxylation is 1. The molecule has 0 aromatic heterocycles. The maximum atomic E-state index is 12.5. The van der Waals surface area contributed by atoms with Gasteiger partial charge in [0, 0.05) is 13.6 Å². The fourth-order valence-electron chi connectivity index (χ4n) is 2.76. The summed E-state index contributed by atoms with van der Waals surface area (Å²) < 4.78 is 0. The van der Waals surface area contributed by atoms with Gasteiger partial charge >= 0.3 is 0 Å². The van der Waals surface area contributed by atoms with E-state index in [0.29, 0.717) is 19.4 Å². The molecule has 3 heteroatoms. The van der Waals surface area contributed by atoms with Crippen molar-refractivity contribution >= 4 is 5.91 Å². The second-order valence-electron chi connectivity index (χ2n) is 5.55. The first-order valence-electron chi connectivity index (χ1n) is 6.80. The molecular formula is C16H20N2O. The van der Waals surface area contributed by atoms with Crippen LogP contribution in [-0.4, -0.2) is 17.9 Å². The predicted molar refractivity (Wildman–Crippen MR) is 74.2 cm³/mol. The van der Waals surface area contributed by atoms with Crippen molar-refractivity contribution in [2.75, 3.05) is 7.05 Å². The fourth-order valence-corrected chi connectivity index (χ4v) is 2.76. The molecule has 0 atom stereocenters. The van der Waals surface area contributed by atoms with E-state index in [1.54, 1.807) is 11.9 Å². The van der Waals surface area contributed by atoms with Crippen LogP contribution in [0.2, 0.25) is 0 Å². The van der Waals surface area contributed by atoms with E-state index in [9.17, 15) is 10.1 Å². The zero-order valence-corrected chi connectivity index (χ0v) is 11.6. The minimum atomic E-state index is -0.764. The van der Waals surface area contributed by atoms with Crippen molar-refractivity contribution in [3.05, 3.63) is 35.4 Å². The molecule has 0 N–H and O–H groups in total. The predicted octanol–water partition coefficient (Wildman–Crippen LogP) is 3.04. The van der Waals surface area contributed by atoms with Crippen molar-refractivity contribution in [2.45, 2.75) is 39.2 Å². The summed E-state index contributed by atoms with van der Waals surface area (Å²) >= 11 is 0. The van der Waals surface area contributed by atoms with Gasteiger partial charge in [0.2, 0.25) is 5.91 Å². The molecule has 0 spiro atoms. The van der Waals surface area contributed by atoms with Crippen LogP contribution in [0.3, 0.4) is 0 Å². The normalized spacial score (nSPS) is 16.9. The zero-order valence-electron chi connectivity index (χ0n) is 11.6. The smallest absolute Gasteiger partial charge is 0.243 e. The molecule has 0 heterocycles. The number of nitriles is 1. The minimum Gasteiger partial charge on any atom is -0.340 e. The lowest BCUT2D eigenvalue weighted by molar-refractivity contribution is -0.138. The molecular weight excluding hydrogens is 236 g/mol. The molecule has 19 heavy (non-hydrogen) atoms. The molecule has 0 radical (unpaired) electrons. The lowest BCUT2D eigenvalue weighted by Crippen LogP contribution is -2.39. The molecule has 1 aromatic carbocycles. The standard InChI is InChI=1S/C16H20N2O/c1-13-5-7-14(8-6-13)11-18(2)15(19)16(12-17)9-3-4-10-16/h5-8H,3-4,9-11H2,1-2H3. The molecule has 0 unspecified atom stereocenters. The van der Waals surface area contributed by atoms with Gasteiger partial charge in [-0.15, -0.1) is 0 Å². The Bertz CT molecular complexity index is 492. The van der Waals surface area contributed by atoms with E-state index in [1.165, 1.54) is 5.56 Å². The molecule has 1 saturated carbocycles. The van der Waals surface area contributed by atoms with Crippen LogP contribution in [0.4, 0.5) is 0 Å². The Hall–Kier alpha value is -1.82. The molecule has 0 saturated heterocycles. The van der Waals surface area contributed by atoms with E-state index in [-0.39, 0.29) is 5.91 Å². The molecule has 1 aliphatic rings. The third-order valence-corrected chi connectivity index (χ3v) is 3.97. The van der Waals surface area contributed by atoms with Crippen molar-refractivity contribution in [1.82, 2.24) is 4.90 Å². The molecule has 0 aliphatic heterocycles. The monoisotopic (exact) mass is 256 g/mol.